The minimum Gasteiger partial charge on any atom is -0.464 e. The van der Waals surface area contributed by atoms with Crippen LogP contribution in [-0.2, 0) is 46.4 Å². The van der Waals surface area contributed by atoms with Gasteiger partial charge >= 0.3 is 12.0 Å². The summed E-state index contributed by atoms with van der Waals surface area (Å²) in [5, 5.41) is 5.63. The standard InChI is InChI=1S/C52H73N9O8/c1-10-44(62)60-21-13-15-34-28-58(30-43(34)60)51(66)56(8)46(32(3)4)48(63)54-41-26-36-29-57(23-24-68-36)35-18-19-42-38(25-35)39(47(59(42)11-2)37-16-12-20-53-45(37)33(5)67-9)27-52(6,7)31-69-50(65)40-17-14-22-61(55-40)49(41)64/h10,12,16,18-20,25,32-34,36,40-41,43,46,55H,1,11,13-15,17,21-24,26-31H2,2-9H3,(H,54,63)/t33-,34-,36-,40-,41-,43+,46?/m0/s1. The molecular weight excluding hydrogens is 879 g/mol. The molecule has 4 saturated heterocycles. The highest BCUT2D eigenvalue weighted by Gasteiger charge is 2.45. The molecular formula is C52H73N9O8. The molecule has 17 heteroatoms. The van der Waals surface area contributed by atoms with Crippen LogP contribution in [0.15, 0.2) is 49.2 Å². The van der Waals surface area contributed by atoms with Crippen LogP contribution in [0.25, 0.3) is 22.2 Å². The number of nitrogens with one attached hydrogen (secondary N) is 2. The van der Waals surface area contributed by atoms with Crippen LogP contribution in [0, 0.1) is 17.3 Å². The molecule has 4 fully saturated rings. The summed E-state index contributed by atoms with van der Waals surface area (Å²) in [7, 11) is 3.33. The van der Waals surface area contributed by atoms with Crippen LogP contribution in [-0.4, -0.2) is 156 Å². The molecule has 0 aliphatic carbocycles. The van der Waals surface area contributed by atoms with Gasteiger partial charge in [-0.2, -0.15) is 0 Å². The number of amides is 5. The summed E-state index contributed by atoms with van der Waals surface area (Å²) in [6.45, 7) is 20.0. The molecule has 374 valence electrons. The van der Waals surface area contributed by atoms with E-state index in [1.807, 2.05) is 31.7 Å². The molecule has 6 bridgehead atoms. The zero-order valence-electron chi connectivity index (χ0n) is 41.9. The van der Waals surface area contributed by atoms with E-state index in [-0.39, 0.29) is 48.9 Å². The van der Waals surface area contributed by atoms with E-state index in [1.165, 1.54) is 16.0 Å². The number of carbonyl (C=O) groups excluding carboxylic acids is 5. The maximum absolute atomic E-state index is 14.8. The van der Waals surface area contributed by atoms with Crippen molar-refractivity contribution < 1.29 is 38.2 Å². The minimum atomic E-state index is -1.06. The van der Waals surface area contributed by atoms with E-state index < -0.39 is 47.4 Å². The molecule has 5 aliphatic rings. The average molecular weight is 952 g/mol. The zero-order valence-corrected chi connectivity index (χ0v) is 41.9. The fraction of sp³-hybridized carbons (Fsp3) is 0.615. The smallest absolute Gasteiger partial charge is 0.324 e. The number of nitrogens with zero attached hydrogens (tertiary/aromatic N) is 7. The van der Waals surface area contributed by atoms with Crippen LogP contribution in [0.2, 0.25) is 0 Å². The average Bonchev–Trinajstić information content (AvgIpc) is 3.93. The lowest BCUT2D eigenvalue weighted by atomic mass is 9.84. The van der Waals surface area contributed by atoms with Crippen LogP contribution < -0.4 is 15.6 Å². The molecule has 7 heterocycles. The highest BCUT2D eigenvalue weighted by Crippen LogP contribution is 2.42. The molecule has 2 aromatic heterocycles. The Kier molecular flexibility index (Phi) is 15.1. The Labute approximate surface area is 406 Å². The van der Waals surface area contributed by atoms with Gasteiger partial charge in [-0.15, -0.1) is 0 Å². The Morgan fingerprint density at radius 3 is 2.59 bits per heavy atom. The van der Waals surface area contributed by atoms with Gasteiger partial charge in [0.2, 0.25) is 11.8 Å². The van der Waals surface area contributed by atoms with Crippen molar-refractivity contribution >= 4 is 46.3 Å². The third-order valence-electron chi connectivity index (χ3n) is 15.0. The molecule has 0 spiro atoms. The number of likely N-dealkylation sites (N-methyl/N-ethyl adjacent to an activating group) is 1. The van der Waals surface area contributed by atoms with Crippen molar-refractivity contribution in [3.63, 3.8) is 0 Å². The van der Waals surface area contributed by atoms with Gasteiger partial charge in [0.05, 0.1) is 42.9 Å². The summed E-state index contributed by atoms with van der Waals surface area (Å²) < 4.78 is 20.7. The number of piperidine rings is 1. The SMILES string of the molecule is C=CC(=O)N1CCC[C@H]2CN(C(=O)N(C)C(C(=O)N[C@H]3C[C@H]4CN(CCO4)c4ccc5c(c4)c(c(-c4cccnc4[C@H](C)OC)n5CC)CC(C)(C)COC(=O)[C@@H]4CCCN(N4)C3=O)C(C)C)C[C@H]21. The first kappa shape index (κ1) is 49.9. The second-order valence-electron chi connectivity index (χ2n) is 20.8. The second kappa shape index (κ2) is 20.8. The fourth-order valence-electron chi connectivity index (χ4n) is 11.5. The van der Waals surface area contributed by atoms with Crippen LogP contribution in [0.4, 0.5) is 10.5 Å². The molecule has 1 unspecified atom stereocenters. The van der Waals surface area contributed by atoms with E-state index in [0.717, 1.165) is 51.9 Å². The van der Waals surface area contributed by atoms with Crippen molar-refractivity contribution in [3.8, 4) is 11.3 Å². The number of hydrogen-bond acceptors (Lipinski definition) is 11. The summed E-state index contributed by atoms with van der Waals surface area (Å²) in [5.41, 5.74) is 8.78. The van der Waals surface area contributed by atoms with Crippen LogP contribution in [0.3, 0.4) is 0 Å². The van der Waals surface area contributed by atoms with E-state index in [0.29, 0.717) is 71.7 Å². The number of hydrogen-bond donors (Lipinski definition) is 2. The summed E-state index contributed by atoms with van der Waals surface area (Å²) in [6.07, 6.45) is 5.94. The second-order valence-corrected chi connectivity index (χ2v) is 20.8. The highest BCUT2D eigenvalue weighted by molar-refractivity contribution is 5.95. The number of morpholine rings is 1. The van der Waals surface area contributed by atoms with Crippen LogP contribution in [0.1, 0.15) is 91.0 Å². The third kappa shape index (κ3) is 10.2. The fourth-order valence-corrected chi connectivity index (χ4v) is 11.5. The number of esters is 1. The summed E-state index contributed by atoms with van der Waals surface area (Å²) >= 11 is 0. The summed E-state index contributed by atoms with van der Waals surface area (Å²) in [6, 6.07) is 7.47. The topological polar surface area (TPSA) is 171 Å². The van der Waals surface area contributed by atoms with Gasteiger partial charge in [-0.25, -0.2) is 10.2 Å². The zero-order chi connectivity index (χ0) is 49.3. The molecule has 69 heavy (non-hydrogen) atoms. The summed E-state index contributed by atoms with van der Waals surface area (Å²) in [4.78, 5) is 82.7. The number of anilines is 1. The molecule has 0 radical (unpaired) electrons. The van der Waals surface area contributed by atoms with Gasteiger partial charge in [0.1, 0.15) is 18.1 Å². The van der Waals surface area contributed by atoms with E-state index in [1.54, 1.807) is 25.3 Å². The number of aromatic nitrogens is 2. The monoisotopic (exact) mass is 952 g/mol. The first-order valence-corrected chi connectivity index (χ1v) is 25.0. The Bertz CT molecular complexity index is 2420. The van der Waals surface area contributed by atoms with Crippen LogP contribution >= 0.6 is 0 Å². The maximum atomic E-state index is 14.8. The number of benzene rings is 1. The van der Waals surface area contributed by atoms with Gasteiger partial charge in [-0.1, -0.05) is 34.3 Å². The lowest BCUT2D eigenvalue weighted by Crippen LogP contribution is -2.63. The van der Waals surface area contributed by atoms with Crippen molar-refractivity contribution in [2.45, 2.75) is 123 Å². The first-order chi connectivity index (χ1) is 33.0. The van der Waals surface area contributed by atoms with Crippen molar-refractivity contribution in [1.29, 1.82) is 0 Å². The number of ether oxygens (including phenoxy) is 3. The predicted octanol–water partition coefficient (Wildman–Crippen LogP) is 5.32. The number of fused-ring (bicyclic) bond motifs is 7. The Balaban J connectivity index is 1.11. The van der Waals surface area contributed by atoms with Gasteiger partial charge in [-0.05, 0) is 99.8 Å². The van der Waals surface area contributed by atoms with E-state index in [4.69, 9.17) is 19.2 Å². The van der Waals surface area contributed by atoms with E-state index in [2.05, 4.69) is 71.8 Å². The highest BCUT2D eigenvalue weighted by atomic mass is 16.5. The van der Waals surface area contributed by atoms with Gasteiger partial charge in [0.15, 0.2) is 0 Å². The van der Waals surface area contributed by atoms with Crippen molar-refractivity contribution in [2.24, 2.45) is 17.3 Å². The number of likely N-dealkylation sites (tertiary alicyclic amines) is 2. The minimum absolute atomic E-state index is 0.110. The normalized spacial score (nSPS) is 25.1. The molecule has 1 aromatic carbocycles. The van der Waals surface area contributed by atoms with Gasteiger partial charge < -0.3 is 43.7 Å². The maximum Gasteiger partial charge on any atom is 0.324 e. The quantitative estimate of drug-likeness (QED) is 0.210. The van der Waals surface area contributed by atoms with Gasteiger partial charge in [0.25, 0.3) is 5.91 Å². The largest absolute Gasteiger partial charge is 0.464 e. The van der Waals surface area contributed by atoms with Gasteiger partial charge in [0, 0.05) is 100 Å². The molecule has 7 atom stereocenters. The van der Waals surface area contributed by atoms with Crippen molar-refractivity contribution in [2.75, 3.05) is 71.5 Å². The number of cyclic esters (lactones) is 1. The number of aryl methyl sites for hydroxylation is 1. The van der Waals surface area contributed by atoms with E-state index in [9.17, 15) is 24.0 Å². The Morgan fingerprint density at radius 2 is 1.86 bits per heavy atom. The number of hydrazine groups is 1. The van der Waals surface area contributed by atoms with E-state index >= 15 is 0 Å². The van der Waals surface area contributed by atoms with Gasteiger partial charge in [-0.3, -0.25) is 29.2 Å². The molecule has 17 nitrogen and oxygen atoms in total. The molecule has 5 aliphatic heterocycles. The molecule has 5 amide bonds. The summed E-state index contributed by atoms with van der Waals surface area (Å²) in [5.74, 6) is -1.62. The number of urea groups is 1. The van der Waals surface area contributed by atoms with Crippen molar-refractivity contribution in [1.82, 2.24) is 40.0 Å². The third-order valence-corrected chi connectivity index (χ3v) is 15.0. The number of pyridine rings is 1. The number of methoxy groups -OCH3 is 1. The molecule has 2 N–H and O–H groups in total. The lowest BCUT2D eigenvalue weighted by Gasteiger charge is -2.39. The Hall–Kier alpha value is -5.52. The number of carbonyl (C=O) groups is 5. The number of rotatable bonds is 9. The predicted molar refractivity (Wildman–Crippen MR) is 263 cm³/mol. The van der Waals surface area contributed by atoms with Crippen LogP contribution in [0.5, 0.6) is 0 Å². The Morgan fingerprint density at radius 1 is 1.07 bits per heavy atom. The lowest BCUT2D eigenvalue weighted by molar-refractivity contribution is -0.156. The van der Waals surface area contributed by atoms with Crippen molar-refractivity contribution in [3.05, 3.63) is 60.4 Å². The first-order valence-electron chi connectivity index (χ1n) is 25.0. The molecule has 0 saturated carbocycles. The molecule has 8 rings (SSSR count). The molecule has 3 aromatic rings.